The number of aliphatic hydroxyl groups is 2. The zero-order chi connectivity index (χ0) is 48.3. The lowest BCUT2D eigenvalue weighted by Gasteiger charge is -2.36. The Kier molecular flexibility index (Phi) is 23.0. The van der Waals surface area contributed by atoms with E-state index in [-0.39, 0.29) is 41.6 Å². The number of hydrogen-bond acceptors (Lipinski definition) is 22. The minimum absolute atomic E-state index is 0.0223. The van der Waals surface area contributed by atoms with Crippen LogP contribution in [0.5, 0.6) is 0 Å². The fourth-order valence-corrected chi connectivity index (χ4v) is 9.00. The van der Waals surface area contributed by atoms with E-state index in [4.69, 9.17) is 10.5 Å². The quantitative estimate of drug-likeness (QED) is 0.0324. The third-order valence-electron chi connectivity index (χ3n) is 9.00. The fourth-order valence-electron chi connectivity index (χ4n) is 5.67. The third kappa shape index (κ3) is 20.1. The molecule has 3 heterocycles. The highest BCUT2D eigenvalue weighted by atomic mass is 32.2. The Morgan fingerprint density at radius 1 is 0.969 bits per heavy atom. The Hall–Kier alpha value is -3.48. The van der Waals surface area contributed by atoms with Crippen LogP contribution in [0.4, 0.5) is 5.82 Å². The summed E-state index contributed by atoms with van der Waals surface area (Å²) in [5.41, 5.74) is 4.07. The minimum atomic E-state index is -5.92. The molecule has 24 nitrogen and oxygen atoms in total. The highest BCUT2D eigenvalue weighted by Gasteiger charge is 2.47. The molecule has 0 bridgehead atoms. The standard InChI is InChI=1S/C37H58N7O17P3S/c1-4-5-6-7-8-9-10-11-12-13-14-15-16-17-28(46)65-21-20-39-27(45)18-19-40-35(49)32(48)37(2,3)23-58-64(55,56)61-63(53,54)57-22-26-31(60-62(50,51)52)30(47)36(59-26)44-25-43-29-33(38)41-24-42-34(29)44/h5-6,8-9,11-12,16-17,24-26,30-32,36,47-48H,4,7,10,13-15,18-23H2,1-3H3,(H,39,45)(H,40,49)(H,53,54)(H,55,56)(H2,38,41,42)(H2,50,51,52)/p-4/b6-5-,9-8-,12-11-,17-16+/t26-,30-,31-,32+,36-/m1/s1. The van der Waals surface area contributed by atoms with Crippen LogP contribution in [0, 0.1) is 5.41 Å². The summed E-state index contributed by atoms with van der Waals surface area (Å²) in [7, 11) is -17.6. The topological polar surface area (TPSA) is 375 Å². The predicted octanol–water partition coefficient (Wildman–Crippen LogP) is 0.722. The molecule has 0 radical (unpaired) electrons. The SMILES string of the molecule is CC/C=C\C/C=C\C/C=C\CCC/C=C/C(=O)SCCNC(=O)CCNC(=O)[C@H](O)C(C)(C)COP(=O)([O-])OP(=O)([O-])OC[C@H]1O[C@@H](n2cnc3c(N)ncnc32)[C@H](O)[C@@H]1OP(=O)([O-])[O-]. The van der Waals surface area contributed by atoms with Crippen molar-refractivity contribution in [1.29, 1.82) is 0 Å². The van der Waals surface area contributed by atoms with Crippen LogP contribution in [0.15, 0.2) is 61.3 Å². The van der Waals surface area contributed by atoms with Gasteiger partial charge in [0, 0.05) is 30.7 Å². The maximum absolute atomic E-state index is 12.6. The molecule has 1 saturated heterocycles. The molecule has 1 aliphatic heterocycles. The Morgan fingerprint density at radius 3 is 2.32 bits per heavy atom. The lowest BCUT2D eigenvalue weighted by atomic mass is 9.87. The molecule has 1 aliphatic rings. The van der Waals surface area contributed by atoms with Crippen molar-refractivity contribution in [1.82, 2.24) is 30.2 Å². The van der Waals surface area contributed by atoms with Crippen molar-refractivity contribution in [3.63, 3.8) is 0 Å². The normalized spacial score (nSPS) is 20.8. The molecule has 0 aromatic carbocycles. The molecular weight excluding hydrogens is 939 g/mol. The zero-order valence-corrected chi connectivity index (χ0v) is 39.3. The van der Waals surface area contributed by atoms with Gasteiger partial charge >= 0.3 is 0 Å². The smallest absolute Gasteiger partial charge is 0.274 e. The average Bonchev–Trinajstić information content (AvgIpc) is 3.79. The van der Waals surface area contributed by atoms with E-state index in [0.29, 0.717) is 5.75 Å². The first-order valence-electron chi connectivity index (χ1n) is 20.2. The van der Waals surface area contributed by atoms with Crippen molar-refractivity contribution in [3.05, 3.63) is 61.3 Å². The number of ether oxygens (including phenoxy) is 1. The monoisotopic (exact) mass is 993 g/mol. The number of imidazole rings is 1. The first-order chi connectivity index (χ1) is 30.6. The van der Waals surface area contributed by atoms with Crippen molar-refractivity contribution < 1.29 is 80.5 Å². The summed E-state index contributed by atoms with van der Waals surface area (Å²) in [6.45, 7) is 2.17. The Labute approximate surface area is 379 Å². The largest absolute Gasteiger partial charge is 0.790 e. The van der Waals surface area contributed by atoms with E-state index >= 15 is 0 Å². The molecule has 28 heteroatoms. The second kappa shape index (κ2) is 26.8. The van der Waals surface area contributed by atoms with Crippen molar-refractivity contribution in [2.45, 2.75) is 96.4 Å². The molecule has 0 saturated carbocycles. The molecule has 364 valence electrons. The molecule has 2 unspecified atom stereocenters. The molecule has 2 aromatic rings. The van der Waals surface area contributed by atoms with Crippen LogP contribution < -0.4 is 35.9 Å². The number of aromatic nitrogens is 4. The van der Waals surface area contributed by atoms with E-state index in [9.17, 15) is 57.9 Å². The van der Waals surface area contributed by atoms with Gasteiger partial charge < -0.3 is 69.0 Å². The Balaban J connectivity index is 1.36. The van der Waals surface area contributed by atoms with E-state index < -0.39 is 84.6 Å². The van der Waals surface area contributed by atoms with Crippen LogP contribution in [0.2, 0.25) is 0 Å². The van der Waals surface area contributed by atoms with Crippen molar-refractivity contribution in [2.75, 3.05) is 37.8 Å². The highest BCUT2D eigenvalue weighted by Crippen LogP contribution is 2.56. The van der Waals surface area contributed by atoms with Crippen molar-refractivity contribution in [2.24, 2.45) is 5.41 Å². The van der Waals surface area contributed by atoms with Gasteiger partial charge in [-0.1, -0.05) is 75.1 Å². The van der Waals surface area contributed by atoms with Gasteiger partial charge in [-0.2, -0.15) is 0 Å². The number of unbranched alkanes of at least 4 members (excludes halogenated alkanes) is 2. The van der Waals surface area contributed by atoms with E-state index in [1.165, 1.54) is 19.9 Å². The maximum Gasteiger partial charge on any atom is 0.274 e. The van der Waals surface area contributed by atoms with Gasteiger partial charge in [0.15, 0.2) is 17.7 Å². The van der Waals surface area contributed by atoms with Gasteiger partial charge in [0.2, 0.25) is 16.9 Å². The number of nitrogens with one attached hydrogen (secondary N) is 2. The lowest BCUT2D eigenvalue weighted by Crippen LogP contribution is -2.46. The van der Waals surface area contributed by atoms with Gasteiger partial charge in [-0.05, 0) is 44.6 Å². The molecule has 3 rings (SSSR count). The summed E-state index contributed by atoms with van der Waals surface area (Å²) in [5.74, 6) is -1.25. The number of nitrogens with two attached hydrogens (primary N) is 1. The van der Waals surface area contributed by atoms with Crippen LogP contribution in [0.25, 0.3) is 11.2 Å². The number of nitrogens with zero attached hydrogens (tertiary/aromatic N) is 4. The van der Waals surface area contributed by atoms with E-state index in [0.717, 1.165) is 67.5 Å². The van der Waals surface area contributed by atoms with Gasteiger partial charge in [-0.25, -0.2) is 19.3 Å². The summed E-state index contributed by atoms with van der Waals surface area (Å²) in [5, 5.41) is 26.2. The molecule has 1 fully saturated rings. The van der Waals surface area contributed by atoms with Crippen LogP contribution in [-0.2, 0) is 50.7 Å². The number of hydrogen-bond donors (Lipinski definition) is 5. The van der Waals surface area contributed by atoms with Crippen LogP contribution in [0.3, 0.4) is 0 Å². The van der Waals surface area contributed by atoms with E-state index in [2.05, 4.69) is 86.8 Å². The van der Waals surface area contributed by atoms with E-state index in [1.54, 1.807) is 0 Å². The summed E-state index contributed by atoms with van der Waals surface area (Å²) >= 11 is 1.03. The average molecular weight is 994 g/mol. The molecule has 0 spiro atoms. The van der Waals surface area contributed by atoms with Crippen molar-refractivity contribution >= 4 is 69.1 Å². The number of rotatable bonds is 29. The number of aliphatic hydroxyl groups excluding tert-OH is 2. The lowest BCUT2D eigenvalue weighted by molar-refractivity contribution is -0.347. The van der Waals surface area contributed by atoms with Crippen LogP contribution in [-0.4, -0.2) is 103 Å². The second-order valence-electron chi connectivity index (χ2n) is 14.8. The molecular formula is C37H54N7O17P3S-4. The van der Waals surface area contributed by atoms with Gasteiger partial charge in [0.25, 0.3) is 15.6 Å². The number of carbonyl (C=O) groups excluding carboxylic acids is 3. The molecule has 0 aliphatic carbocycles. The highest BCUT2D eigenvalue weighted by molar-refractivity contribution is 8.14. The first-order valence-corrected chi connectivity index (χ1v) is 25.5. The number of allylic oxidation sites excluding steroid dienone is 7. The number of carbonyl (C=O) groups is 3. The van der Waals surface area contributed by atoms with Gasteiger partial charge in [-0.3, -0.25) is 28.1 Å². The number of phosphoric acid groups is 3. The maximum atomic E-state index is 12.6. The Morgan fingerprint density at radius 2 is 1.63 bits per heavy atom. The molecule has 6 N–H and O–H groups in total. The zero-order valence-electron chi connectivity index (χ0n) is 35.8. The summed E-state index contributed by atoms with van der Waals surface area (Å²) in [4.78, 5) is 96.6. The van der Waals surface area contributed by atoms with Gasteiger partial charge in [-0.15, -0.1) is 0 Å². The minimum Gasteiger partial charge on any atom is -0.790 e. The van der Waals surface area contributed by atoms with Crippen LogP contribution in [0.1, 0.15) is 71.9 Å². The summed E-state index contributed by atoms with van der Waals surface area (Å²) in [6, 6.07) is 0. The number of phosphoric ester groups is 3. The number of amides is 2. The summed E-state index contributed by atoms with van der Waals surface area (Å²) < 4.78 is 60.7. The molecule has 7 atom stereocenters. The third-order valence-corrected chi connectivity index (χ3v) is 12.8. The van der Waals surface area contributed by atoms with Gasteiger partial charge in [0.1, 0.15) is 36.3 Å². The number of anilines is 1. The predicted molar refractivity (Wildman–Crippen MR) is 228 cm³/mol. The number of nitrogen functional groups attached to an aromatic ring is 1. The van der Waals surface area contributed by atoms with Crippen molar-refractivity contribution in [3.8, 4) is 0 Å². The second-order valence-corrected chi connectivity index (χ2v) is 19.9. The van der Waals surface area contributed by atoms with Gasteiger partial charge in [0.05, 0.1) is 27.4 Å². The summed E-state index contributed by atoms with van der Waals surface area (Å²) in [6.07, 6.45) is 13.8. The Bertz CT molecular complexity index is 2150. The van der Waals surface area contributed by atoms with Crippen LogP contribution >= 0.6 is 35.2 Å². The number of fused-ring (bicyclic) bond motifs is 1. The number of thioether (sulfide) groups is 1. The van der Waals surface area contributed by atoms with E-state index in [1.807, 2.05) is 6.08 Å². The molecule has 65 heavy (non-hydrogen) atoms. The molecule has 2 aromatic heterocycles. The molecule has 2 amide bonds. The fraction of sp³-hybridized carbons (Fsp3) is 0.568. The first kappa shape index (κ1) is 55.8.